The third-order valence-electron chi connectivity index (χ3n) is 2.19. The van der Waals surface area contributed by atoms with Crippen LogP contribution in [0.5, 0.6) is 17.8 Å². The molecule has 20 heavy (non-hydrogen) atoms. The van der Waals surface area contributed by atoms with Crippen molar-refractivity contribution in [1.82, 2.24) is 15.0 Å². The fourth-order valence-electron chi connectivity index (χ4n) is 1.34. The molecule has 0 radical (unpaired) electrons. The quantitative estimate of drug-likeness (QED) is 0.616. The molecule has 0 spiro atoms. The van der Waals surface area contributed by atoms with Crippen molar-refractivity contribution < 1.29 is 9.47 Å². The van der Waals surface area contributed by atoms with Crippen LogP contribution in [0.1, 0.15) is 12.5 Å². The highest BCUT2D eigenvalue weighted by Crippen LogP contribution is 2.20. The monoisotopic (exact) mass is 272 g/mol. The number of benzene rings is 1. The zero-order valence-electron chi connectivity index (χ0n) is 10.7. The molecular weight excluding hydrogens is 260 g/mol. The van der Waals surface area contributed by atoms with Gasteiger partial charge in [0, 0.05) is 0 Å². The van der Waals surface area contributed by atoms with Crippen molar-refractivity contribution in [2.75, 3.05) is 12.0 Å². The Hall–Kier alpha value is -2.92. The van der Waals surface area contributed by atoms with Crippen LogP contribution in [-0.2, 0) is 0 Å². The standard InChI is InChI=1S/C12H12N6O2/c1-2-19-11-15-10(18-14)16-12(17-11)20-9-5-3-8(7-13)4-6-9/h3-6H,2,14H2,1H3,(H,15,16,17,18). The SMILES string of the molecule is CCOc1nc(NN)nc(Oc2ccc(C#N)cc2)n1. The zero-order valence-corrected chi connectivity index (χ0v) is 10.7. The van der Waals surface area contributed by atoms with Gasteiger partial charge in [-0.05, 0) is 31.2 Å². The Morgan fingerprint density at radius 1 is 1.20 bits per heavy atom. The summed E-state index contributed by atoms with van der Waals surface area (Å²) < 4.78 is 10.6. The molecule has 0 saturated carbocycles. The fourth-order valence-corrected chi connectivity index (χ4v) is 1.34. The molecule has 1 aromatic heterocycles. The van der Waals surface area contributed by atoms with Gasteiger partial charge in [-0.2, -0.15) is 15.2 Å². The third kappa shape index (κ3) is 3.30. The van der Waals surface area contributed by atoms with Crippen LogP contribution in [-0.4, -0.2) is 21.6 Å². The maximum atomic E-state index is 8.72. The maximum Gasteiger partial charge on any atom is 0.330 e. The van der Waals surface area contributed by atoms with Crippen LogP contribution < -0.4 is 20.7 Å². The third-order valence-corrected chi connectivity index (χ3v) is 2.19. The normalized spacial score (nSPS) is 9.65. The van der Waals surface area contributed by atoms with Gasteiger partial charge in [0.15, 0.2) is 0 Å². The number of nitrogens with one attached hydrogen (secondary N) is 1. The van der Waals surface area contributed by atoms with E-state index in [1.54, 1.807) is 31.2 Å². The van der Waals surface area contributed by atoms with Crippen LogP contribution in [0.3, 0.4) is 0 Å². The molecule has 3 N–H and O–H groups in total. The average Bonchev–Trinajstić information content (AvgIpc) is 2.48. The zero-order chi connectivity index (χ0) is 14.4. The lowest BCUT2D eigenvalue weighted by Gasteiger charge is -2.07. The molecule has 8 nitrogen and oxygen atoms in total. The van der Waals surface area contributed by atoms with E-state index < -0.39 is 0 Å². The molecule has 0 unspecified atom stereocenters. The van der Waals surface area contributed by atoms with E-state index in [1.807, 2.05) is 6.07 Å². The lowest BCUT2D eigenvalue weighted by atomic mass is 10.2. The second kappa shape index (κ2) is 6.31. The molecule has 0 amide bonds. The molecule has 1 heterocycles. The fraction of sp³-hybridized carbons (Fsp3) is 0.167. The van der Waals surface area contributed by atoms with Gasteiger partial charge in [-0.3, -0.25) is 5.43 Å². The summed E-state index contributed by atoms with van der Waals surface area (Å²) in [6.45, 7) is 2.21. The highest BCUT2D eigenvalue weighted by Gasteiger charge is 2.08. The summed E-state index contributed by atoms with van der Waals surface area (Å²) in [6, 6.07) is 8.70. The van der Waals surface area contributed by atoms with E-state index >= 15 is 0 Å². The first-order valence-electron chi connectivity index (χ1n) is 5.78. The van der Waals surface area contributed by atoms with Crippen molar-refractivity contribution in [3.8, 4) is 23.8 Å². The van der Waals surface area contributed by atoms with Crippen LogP contribution in [0.25, 0.3) is 0 Å². The topological polar surface area (TPSA) is 119 Å². The second-order valence-corrected chi connectivity index (χ2v) is 3.54. The minimum Gasteiger partial charge on any atom is -0.464 e. The number of anilines is 1. The van der Waals surface area contributed by atoms with Crippen LogP contribution in [0, 0.1) is 11.3 Å². The van der Waals surface area contributed by atoms with Crippen molar-refractivity contribution in [1.29, 1.82) is 5.26 Å². The first kappa shape index (κ1) is 13.5. The van der Waals surface area contributed by atoms with E-state index in [4.69, 9.17) is 20.6 Å². The molecule has 0 atom stereocenters. The van der Waals surface area contributed by atoms with Gasteiger partial charge in [0.25, 0.3) is 0 Å². The van der Waals surface area contributed by atoms with Gasteiger partial charge in [-0.25, -0.2) is 5.84 Å². The van der Waals surface area contributed by atoms with Crippen LogP contribution in [0.4, 0.5) is 5.95 Å². The summed E-state index contributed by atoms with van der Waals surface area (Å²) in [6.07, 6.45) is 0. The molecule has 2 aromatic rings. The predicted molar refractivity (Wildman–Crippen MR) is 70.0 cm³/mol. The Kier molecular flexibility index (Phi) is 4.26. The summed E-state index contributed by atoms with van der Waals surface area (Å²) in [7, 11) is 0. The highest BCUT2D eigenvalue weighted by molar-refractivity contribution is 5.36. The molecule has 1 aromatic carbocycles. The number of hydrazine groups is 1. The molecule has 0 saturated heterocycles. The van der Waals surface area contributed by atoms with Crippen molar-refractivity contribution >= 4 is 5.95 Å². The summed E-state index contributed by atoms with van der Waals surface area (Å²) in [5, 5.41) is 8.72. The Labute approximate surface area is 115 Å². The highest BCUT2D eigenvalue weighted by atomic mass is 16.5. The summed E-state index contributed by atoms with van der Waals surface area (Å²) in [5.41, 5.74) is 2.84. The Morgan fingerprint density at radius 2 is 1.90 bits per heavy atom. The molecular formula is C12H12N6O2. The van der Waals surface area contributed by atoms with Crippen LogP contribution in [0.15, 0.2) is 24.3 Å². The van der Waals surface area contributed by atoms with Gasteiger partial charge in [-0.15, -0.1) is 4.98 Å². The van der Waals surface area contributed by atoms with Gasteiger partial charge in [0.1, 0.15) is 5.75 Å². The Morgan fingerprint density at radius 3 is 2.50 bits per heavy atom. The molecule has 0 fully saturated rings. The van der Waals surface area contributed by atoms with E-state index in [1.165, 1.54) is 0 Å². The molecule has 2 rings (SSSR count). The van der Waals surface area contributed by atoms with E-state index in [2.05, 4.69) is 20.4 Å². The van der Waals surface area contributed by atoms with E-state index in [0.717, 1.165) is 0 Å². The summed E-state index contributed by atoms with van der Waals surface area (Å²) >= 11 is 0. The smallest absolute Gasteiger partial charge is 0.330 e. The number of hydrogen-bond acceptors (Lipinski definition) is 8. The first-order chi connectivity index (χ1) is 9.75. The Bertz CT molecular complexity index is 623. The summed E-state index contributed by atoms with van der Waals surface area (Å²) in [5.74, 6) is 5.88. The van der Waals surface area contributed by atoms with Gasteiger partial charge in [0.05, 0.1) is 18.2 Å². The van der Waals surface area contributed by atoms with Gasteiger partial charge in [-0.1, -0.05) is 0 Å². The number of nitrogens with two attached hydrogens (primary N) is 1. The minimum atomic E-state index is 0.0427. The van der Waals surface area contributed by atoms with Crippen molar-refractivity contribution in [2.45, 2.75) is 6.92 Å². The van der Waals surface area contributed by atoms with E-state index in [9.17, 15) is 0 Å². The number of nitriles is 1. The maximum absolute atomic E-state index is 8.72. The molecule has 102 valence electrons. The number of nitrogens with zero attached hydrogens (tertiary/aromatic N) is 4. The lowest BCUT2D eigenvalue weighted by Crippen LogP contribution is -2.12. The van der Waals surface area contributed by atoms with Gasteiger partial charge in [0.2, 0.25) is 5.95 Å². The lowest BCUT2D eigenvalue weighted by molar-refractivity contribution is 0.304. The molecule has 0 aliphatic carbocycles. The average molecular weight is 272 g/mol. The molecule has 8 heteroatoms. The van der Waals surface area contributed by atoms with Crippen molar-refractivity contribution in [3.05, 3.63) is 29.8 Å². The minimum absolute atomic E-state index is 0.0427. The van der Waals surface area contributed by atoms with Crippen LogP contribution in [0.2, 0.25) is 0 Å². The summed E-state index contributed by atoms with van der Waals surface area (Å²) in [4.78, 5) is 11.8. The largest absolute Gasteiger partial charge is 0.464 e. The van der Waals surface area contributed by atoms with Gasteiger partial charge >= 0.3 is 12.0 Å². The van der Waals surface area contributed by atoms with E-state index in [-0.39, 0.29) is 18.0 Å². The number of rotatable bonds is 5. The number of ether oxygens (including phenoxy) is 2. The van der Waals surface area contributed by atoms with E-state index in [0.29, 0.717) is 17.9 Å². The Balaban J connectivity index is 2.22. The van der Waals surface area contributed by atoms with Crippen molar-refractivity contribution in [2.24, 2.45) is 5.84 Å². The number of aromatic nitrogens is 3. The van der Waals surface area contributed by atoms with Crippen molar-refractivity contribution in [3.63, 3.8) is 0 Å². The number of hydrogen-bond donors (Lipinski definition) is 2. The number of nitrogen functional groups attached to an aromatic ring is 1. The second-order valence-electron chi connectivity index (χ2n) is 3.54. The molecule has 0 aliphatic heterocycles. The first-order valence-corrected chi connectivity index (χ1v) is 5.78. The molecule has 0 bridgehead atoms. The van der Waals surface area contributed by atoms with Crippen LogP contribution >= 0.6 is 0 Å². The van der Waals surface area contributed by atoms with Gasteiger partial charge < -0.3 is 9.47 Å². The predicted octanol–water partition coefficient (Wildman–Crippen LogP) is 1.22. The molecule has 0 aliphatic rings.